The van der Waals surface area contributed by atoms with E-state index in [-0.39, 0.29) is 5.82 Å². The van der Waals surface area contributed by atoms with Gasteiger partial charge in [-0.3, -0.25) is 4.90 Å². The van der Waals surface area contributed by atoms with E-state index < -0.39 is 0 Å². The Balaban J connectivity index is 1.99. The van der Waals surface area contributed by atoms with Crippen LogP contribution in [0.2, 0.25) is 0 Å². The van der Waals surface area contributed by atoms with Gasteiger partial charge in [0.25, 0.3) is 0 Å². The molecule has 0 saturated heterocycles. The summed E-state index contributed by atoms with van der Waals surface area (Å²) >= 11 is 11.7. The molecule has 0 atom stereocenters. The number of nitrogens with one attached hydrogen (secondary N) is 1. The van der Waals surface area contributed by atoms with Crippen LogP contribution >= 0.6 is 23.2 Å². The highest BCUT2D eigenvalue weighted by atomic mass is 35.5. The lowest BCUT2D eigenvalue weighted by Gasteiger charge is -2.20. The topological polar surface area (TPSA) is 69.2 Å². The van der Waals surface area contributed by atoms with E-state index in [2.05, 4.69) is 26.4 Å². The summed E-state index contributed by atoms with van der Waals surface area (Å²) < 4.78 is 14.7. The molecule has 0 bridgehead atoms. The highest BCUT2D eigenvalue weighted by molar-refractivity contribution is 6.18. The second-order valence-corrected chi connectivity index (χ2v) is 6.58. The molecule has 0 amide bonds. The van der Waals surface area contributed by atoms with Gasteiger partial charge in [0.15, 0.2) is 5.65 Å². The highest BCUT2D eigenvalue weighted by Gasteiger charge is 2.14. The van der Waals surface area contributed by atoms with Crippen LogP contribution in [0.25, 0.3) is 5.65 Å². The van der Waals surface area contributed by atoms with Crippen molar-refractivity contribution < 1.29 is 4.39 Å². The van der Waals surface area contributed by atoms with Crippen LogP contribution < -0.4 is 5.32 Å². The number of nitrogens with zero attached hydrogens (tertiary/aromatic N) is 5. The van der Waals surface area contributed by atoms with Gasteiger partial charge in [0, 0.05) is 43.1 Å². The van der Waals surface area contributed by atoms with Crippen LogP contribution in [0.15, 0.2) is 36.5 Å². The number of nitriles is 1. The molecule has 0 fully saturated rings. The van der Waals surface area contributed by atoms with E-state index in [0.717, 1.165) is 5.69 Å². The molecule has 2 heterocycles. The number of anilines is 2. The van der Waals surface area contributed by atoms with Crippen molar-refractivity contribution in [2.45, 2.75) is 6.54 Å². The van der Waals surface area contributed by atoms with Crippen LogP contribution in [0.4, 0.5) is 15.9 Å². The molecule has 0 saturated carbocycles. The van der Waals surface area contributed by atoms with E-state index in [0.29, 0.717) is 54.1 Å². The lowest BCUT2D eigenvalue weighted by molar-refractivity contribution is 0.296. The van der Waals surface area contributed by atoms with E-state index in [1.165, 1.54) is 18.3 Å². The van der Waals surface area contributed by atoms with Crippen molar-refractivity contribution in [1.82, 2.24) is 19.5 Å². The van der Waals surface area contributed by atoms with Crippen molar-refractivity contribution in [2.75, 3.05) is 30.2 Å². The maximum absolute atomic E-state index is 13.2. The summed E-state index contributed by atoms with van der Waals surface area (Å²) in [6, 6.07) is 9.94. The van der Waals surface area contributed by atoms with Crippen molar-refractivity contribution in [1.29, 1.82) is 5.26 Å². The zero-order valence-electron chi connectivity index (χ0n) is 14.4. The molecular weight excluding hydrogens is 390 g/mol. The molecule has 3 rings (SSSR count). The average molecular weight is 407 g/mol. The largest absolute Gasteiger partial charge is 0.340 e. The Morgan fingerprint density at radius 2 is 1.89 bits per heavy atom. The fraction of sp³-hybridized carbons (Fsp3) is 0.278. The number of halogens is 3. The van der Waals surface area contributed by atoms with Crippen LogP contribution in [0.5, 0.6) is 0 Å². The number of hydrogen-bond acceptors (Lipinski definition) is 5. The molecule has 140 valence electrons. The number of benzene rings is 1. The molecule has 1 N–H and O–H groups in total. The smallest absolute Gasteiger partial charge is 0.175 e. The van der Waals surface area contributed by atoms with Gasteiger partial charge in [0.1, 0.15) is 23.3 Å². The van der Waals surface area contributed by atoms with Crippen LogP contribution in [0.1, 0.15) is 11.3 Å². The Morgan fingerprint density at radius 1 is 1.19 bits per heavy atom. The zero-order valence-corrected chi connectivity index (χ0v) is 15.9. The summed E-state index contributed by atoms with van der Waals surface area (Å²) in [5.41, 5.74) is 2.28. The SMILES string of the molecule is N#Cc1cnn2c(Nc3ccc(F)cc3)cc(CN(CCCl)CCCl)nc12. The Kier molecular flexibility index (Phi) is 6.45. The fourth-order valence-electron chi connectivity index (χ4n) is 2.68. The molecule has 0 radical (unpaired) electrons. The number of fused-ring (bicyclic) bond motifs is 1. The second-order valence-electron chi connectivity index (χ2n) is 5.82. The summed E-state index contributed by atoms with van der Waals surface area (Å²) in [6.45, 7) is 1.88. The standard InChI is InChI=1S/C18H17Cl2FN6/c19-5-7-26(8-6-20)12-16-9-17(24-15-3-1-14(21)2-4-15)27-18(25-16)13(10-22)11-23-27/h1-4,9,11,24H,5-8,12H2. The molecule has 0 aliphatic rings. The van der Waals surface area contributed by atoms with Crippen molar-refractivity contribution >= 4 is 40.4 Å². The number of hydrogen-bond donors (Lipinski definition) is 1. The van der Waals surface area contributed by atoms with Crippen molar-refractivity contribution in [3.8, 4) is 6.07 Å². The first kappa shape index (κ1) is 19.4. The summed E-state index contributed by atoms with van der Waals surface area (Å²) in [5.74, 6) is 1.27. The monoisotopic (exact) mass is 406 g/mol. The average Bonchev–Trinajstić information content (AvgIpc) is 3.07. The van der Waals surface area contributed by atoms with Gasteiger partial charge in [-0.15, -0.1) is 23.2 Å². The molecule has 3 aromatic rings. The minimum absolute atomic E-state index is 0.315. The van der Waals surface area contributed by atoms with Crippen LogP contribution in [-0.2, 0) is 6.54 Å². The quantitative estimate of drug-likeness (QED) is 0.576. The van der Waals surface area contributed by atoms with Gasteiger partial charge >= 0.3 is 0 Å². The van der Waals surface area contributed by atoms with Crippen LogP contribution in [0.3, 0.4) is 0 Å². The van der Waals surface area contributed by atoms with Crippen molar-refractivity contribution in [2.24, 2.45) is 0 Å². The fourth-order valence-corrected chi connectivity index (χ4v) is 3.16. The Labute approximate surface area is 166 Å². The predicted molar refractivity (Wildman–Crippen MR) is 104 cm³/mol. The first-order valence-electron chi connectivity index (χ1n) is 8.29. The summed E-state index contributed by atoms with van der Waals surface area (Å²) in [4.78, 5) is 6.66. The summed E-state index contributed by atoms with van der Waals surface area (Å²) in [7, 11) is 0. The first-order valence-corrected chi connectivity index (χ1v) is 9.36. The normalized spacial score (nSPS) is 11.1. The summed E-state index contributed by atoms with van der Waals surface area (Å²) in [5, 5.41) is 16.8. The first-order chi connectivity index (χ1) is 13.1. The maximum atomic E-state index is 13.2. The number of rotatable bonds is 8. The van der Waals surface area contributed by atoms with Crippen LogP contribution in [-0.4, -0.2) is 44.3 Å². The number of alkyl halides is 2. The lowest BCUT2D eigenvalue weighted by atomic mass is 10.3. The second kappa shape index (κ2) is 9.00. The molecular formula is C18H17Cl2FN6. The Hall–Kier alpha value is -2.40. The third kappa shape index (κ3) is 4.66. The highest BCUT2D eigenvalue weighted by Crippen LogP contribution is 2.21. The van der Waals surface area contributed by atoms with Crippen molar-refractivity contribution in [3.05, 3.63) is 53.6 Å². The van der Waals surface area contributed by atoms with E-state index >= 15 is 0 Å². The zero-order chi connectivity index (χ0) is 19.2. The minimum Gasteiger partial charge on any atom is -0.340 e. The third-order valence-electron chi connectivity index (χ3n) is 3.95. The van der Waals surface area contributed by atoms with E-state index in [9.17, 15) is 9.65 Å². The van der Waals surface area contributed by atoms with Gasteiger partial charge in [0.05, 0.1) is 11.9 Å². The van der Waals surface area contributed by atoms with E-state index in [1.54, 1.807) is 16.6 Å². The molecule has 2 aromatic heterocycles. The number of aromatic nitrogens is 3. The lowest BCUT2D eigenvalue weighted by Crippen LogP contribution is -2.28. The predicted octanol–water partition coefficient (Wildman–Crippen LogP) is 3.76. The molecule has 9 heteroatoms. The van der Waals surface area contributed by atoms with Crippen LogP contribution in [0, 0.1) is 17.1 Å². The van der Waals surface area contributed by atoms with Gasteiger partial charge in [-0.25, -0.2) is 9.37 Å². The molecule has 0 aliphatic carbocycles. The van der Waals surface area contributed by atoms with E-state index in [1.807, 2.05) is 6.07 Å². The summed E-state index contributed by atoms with van der Waals surface area (Å²) in [6.07, 6.45) is 1.47. The van der Waals surface area contributed by atoms with E-state index in [4.69, 9.17) is 23.2 Å². The molecule has 0 unspecified atom stereocenters. The van der Waals surface area contributed by atoms with Gasteiger partial charge in [-0.05, 0) is 24.3 Å². The van der Waals surface area contributed by atoms with Gasteiger partial charge < -0.3 is 5.32 Å². The molecule has 0 aliphatic heterocycles. The van der Waals surface area contributed by atoms with Crippen molar-refractivity contribution in [3.63, 3.8) is 0 Å². The third-order valence-corrected chi connectivity index (χ3v) is 4.29. The van der Waals surface area contributed by atoms with Gasteiger partial charge in [-0.1, -0.05) is 0 Å². The van der Waals surface area contributed by atoms with Gasteiger partial charge in [-0.2, -0.15) is 14.9 Å². The molecule has 27 heavy (non-hydrogen) atoms. The molecule has 1 aromatic carbocycles. The minimum atomic E-state index is -0.315. The Bertz CT molecular complexity index is 945. The van der Waals surface area contributed by atoms with Gasteiger partial charge in [0.2, 0.25) is 0 Å². The molecule has 6 nitrogen and oxygen atoms in total. The Morgan fingerprint density at radius 3 is 2.52 bits per heavy atom. The molecule has 0 spiro atoms. The maximum Gasteiger partial charge on any atom is 0.175 e.